The normalized spacial score (nSPS) is 15.9. The summed E-state index contributed by atoms with van der Waals surface area (Å²) < 4.78 is 7.70. The monoisotopic (exact) mass is 356 g/mol. The van der Waals surface area contributed by atoms with Gasteiger partial charge < -0.3 is 4.74 Å². The lowest BCUT2D eigenvalue weighted by atomic mass is 10.1. The summed E-state index contributed by atoms with van der Waals surface area (Å²) in [7, 11) is 0. The highest BCUT2D eigenvalue weighted by Gasteiger charge is 2.29. The number of rotatable bonds is 5. The van der Waals surface area contributed by atoms with Crippen molar-refractivity contribution in [1.29, 1.82) is 0 Å². The van der Waals surface area contributed by atoms with E-state index in [-0.39, 0.29) is 12.5 Å². The van der Waals surface area contributed by atoms with Crippen molar-refractivity contribution < 1.29 is 9.53 Å². The molecule has 0 saturated heterocycles. The summed E-state index contributed by atoms with van der Waals surface area (Å²) >= 11 is 1.40. The number of nitrogens with zero attached hydrogens (tertiary/aromatic N) is 4. The van der Waals surface area contributed by atoms with E-state index in [2.05, 4.69) is 28.9 Å². The molecule has 0 radical (unpaired) electrons. The summed E-state index contributed by atoms with van der Waals surface area (Å²) in [5, 5.41) is 10.8. The molecule has 1 aliphatic carbocycles. The first-order valence-electron chi connectivity index (χ1n) is 8.38. The van der Waals surface area contributed by atoms with Crippen molar-refractivity contribution in [3.05, 3.63) is 47.3 Å². The predicted molar refractivity (Wildman–Crippen MR) is 96.5 cm³/mol. The van der Waals surface area contributed by atoms with Gasteiger partial charge in [0.1, 0.15) is 12.4 Å². The van der Waals surface area contributed by atoms with Crippen LogP contribution in [0.2, 0.25) is 0 Å². The van der Waals surface area contributed by atoms with Gasteiger partial charge in [0.25, 0.3) is 5.91 Å². The number of carbonyl (C=O) groups is 1. The molecular weight excluding hydrogens is 336 g/mol. The SMILES string of the molecule is C=C(C)CN1C(=O)CSc2nnc(COc3ccc4c(c3)CCC4)n21. The quantitative estimate of drug-likeness (QED) is 0.771. The second-order valence-corrected chi connectivity index (χ2v) is 7.42. The molecule has 7 heteroatoms. The van der Waals surface area contributed by atoms with Crippen molar-refractivity contribution in [3.63, 3.8) is 0 Å². The van der Waals surface area contributed by atoms with E-state index < -0.39 is 0 Å². The van der Waals surface area contributed by atoms with Gasteiger partial charge in [-0.3, -0.25) is 4.79 Å². The van der Waals surface area contributed by atoms with Crippen LogP contribution in [0.1, 0.15) is 30.3 Å². The molecule has 0 fully saturated rings. The number of amides is 1. The third-order valence-corrected chi connectivity index (χ3v) is 5.29. The fourth-order valence-corrected chi connectivity index (χ4v) is 4.06. The molecule has 6 nitrogen and oxygen atoms in total. The second kappa shape index (κ2) is 6.55. The zero-order valence-corrected chi connectivity index (χ0v) is 15.0. The number of aromatic nitrogens is 3. The summed E-state index contributed by atoms with van der Waals surface area (Å²) in [6.45, 7) is 6.54. The van der Waals surface area contributed by atoms with E-state index in [0.29, 0.717) is 23.3 Å². The Balaban J connectivity index is 1.55. The second-order valence-electron chi connectivity index (χ2n) is 6.48. The summed E-state index contributed by atoms with van der Waals surface area (Å²) in [5.74, 6) is 1.85. The first kappa shape index (κ1) is 16.2. The third kappa shape index (κ3) is 3.16. The van der Waals surface area contributed by atoms with E-state index in [1.54, 1.807) is 9.69 Å². The Kier molecular flexibility index (Phi) is 4.25. The van der Waals surface area contributed by atoms with Gasteiger partial charge in [0, 0.05) is 0 Å². The smallest absolute Gasteiger partial charge is 0.252 e. The van der Waals surface area contributed by atoms with E-state index in [1.165, 1.54) is 29.3 Å². The van der Waals surface area contributed by atoms with Crippen LogP contribution in [0.4, 0.5) is 0 Å². The van der Waals surface area contributed by atoms with Crippen molar-refractivity contribution in [1.82, 2.24) is 14.9 Å². The van der Waals surface area contributed by atoms with Gasteiger partial charge in [-0.1, -0.05) is 30.0 Å². The van der Waals surface area contributed by atoms with Gasteiger partial charge >= 0.3 is 0 Å². The van der Waals surface area contributed by atoms with Crippen LogP contribution in [0.5, 0.6) is 5.75 Å². The molecule has 2 heterocycles. The Labute approximate surface area is 150 Å². The Hall–Kier alpha value is -2.28. The zero-order chi connectivity index (χ0) is 17.4. The number of thioether (sulfide) groups is 1. The third-order valence-electron chi connectivity index (χ3n) is 4.39. The van der Waals surface area contributed by atoms with Crippen molar-refractivity contribution in [3.8, 4) is 5.75 Å². The van der Waals surface area contributed by atoms with Crippen LogP contribution in [-0.2, 0) is 24.2 Å². The molecule has 0 atom stereocenters. The number of aryl methyl sites for hydroxylation is 2. The predicted octanol–water partition coefficient (Wildman–Crippen LogP) is 2.49. The first-order chi connectivity index (χ1) is 12.1. The van der Waals surface area contributed by atoms with Gasteiger partial charge in [-0.05, 0) is 49.4 Å². The molecule has 130 valence electrons. The minimum atomic E-state index is 0.0269. The van der Waals surface area contributed by atoms with E-state index in [4.69, 9.17) is 4.74 Å². The Morgan fingerprint density at radius 1 is 1.32 bits per heavy atom. The summed E-state index contributed by atoms with van der Waals surface area (Å²) in [5.41, 5.74) is 3.70. The van der Waals surface area contributed by atoms with Gasteiger partial charge in [-0.25, -0.2) is 9.69 Å². The fraction of sp³-hybridized carbons (Fsp3) is 0.389. The van der Waals surface area contributed by atoms with Crippen molar-refractivity contribution in [2.45, 2.75) is 37.9 Å². The minimum Gasteiger partial charge on any atom is -0.486 e. The maximum Gasteiger partial charge on any atom is 0.252 e. The van der Waals surface area contributed by atoms with E-state index in [1.807, 2.05) is 13.0 Å². The highest BCUT2D eigenvalue weighted by Crippen LogP contribution is 2.27. The van der Waals surface area contributed by atoms with Gasteiger partial charge in [-0.2, -0.15) is 0 Å². The molecule has 0 N–H and O–H groups in total. The zero-order valence-electron chi connectivity index (χ0n) is 14.2. The maximum atomic E-state index is 12.3. The lowest BCUT2D eigenvalue weighted by Gasteiger charge is -2.29. The number of hydrogen-bond acceptors (Lipinski definition) is 5. The topological polar surface area (TPSA) is 60.3 Å². The number of carbonyl (C=O) groups excluding carboxylic acids is 1. The van der Waals surface area contributed by atoms with Crippen molar-refractivity contribution in [2.75, 3.05) is 17.3 Å². The minimum absolute atomic E-state index is 0.0269. The highest BCUT2D eigenvalue weighted by molar-refractivity contribution is 7.99. The molecule has 2 aliphatic rings. The molecular formula is C18H20N4O2S. The standard InChI is InChI=1S/C18H20N4O2S/c1-12(2)9-21-17(23)11-25-18-20-19-16(22(18)21)10-24-15-7-6-13-4-3-5-14(13)8-15/h6-8H,1,3-5,9-11H2,2H3. The Morgan fingerprint density at radius 2 is 2.16 bits per heavy atom. The van der Waals surface area contributed by atoms with Crippen LogP contribution in [0.15, 0.2) is 35.5 Å². The van der Waals surface area contributed by atoms with Gasteiger partial charge in [0.15, 0.2) is 5.82 Å². The molecule has 2 aromatic rings. The van der Waals surface area contributed by atoms with E-state index in [0.717, 1.165) is 24.2 Å². The van der Waals surface area contributed by atoms with Crippen molar-refractivity contribution in [2.24, 2.45) is 0 Å². The molecule has 0 unspecified atom stereocenters. The van der Waals surface area contributed by atoms with Crippen LogP contribution in [-0.4, -0.2) is 33.1 Å². The van der Waals surface area contributed by atoms with Gasteiger partial charge in [0.2, 0.25) is 5.16 Å². The van der Waals surface area contributed by atoms with Crippen LogP contribution >= 0.6 is 11.8 Å². The van der Waals surface area contributed by atoms with Crippen LogP contribution in [0.3, 0.4) is 0 Å². The van der Waals surface area contributed by atoms with E-state index >= 15 is 0 Å². The molecule has 0 bridgehead atoms. The van der Waals surface area contributed by atoms with Crippen LogP contribution in [0, 0.1) is 0 Å². The number of benzene rings is 1. The average Bonchev–Trinajstić information content (AvgIpc) is 3.21. The molecule has 1 aromatic carbocycles. The highest BCUT2D eigenvalue weighted by atomic mass is 32.2. The molecule has 25 heavy (non-hydrogen) atoms. The van der Waals surface area contributed by atoms with E-state index in [9.17, 15) is 4.79 Å². The Bertz CT molecular complexity index is 846. The van der Waals surface area contributed by atoms with Crippen molar-refractivity contribution >= 4 is 17.7 Å². The number of hydrogen-bond donors (Lipinski definition) is 0. The van der Waals surface area contributed by atoms with Crippen LogP contribution in [0.25, 0.3) is 0 Å². The molecule has 1 aliphatic heterocycles. The van der Waals surface area contributed by atoms with Crippen LogP contribution < -0.4 is 9.75 Å². The first-order valence-corrected chi connectivity index (χ1v) is 9.37. The maximum absolute atomic E-state index is 12.3. The molecule has 4 rings (SSSR count). The average molecular weight is 356 g/mol. The van der Waals surface area contributed by atoms with Gasteiger partial charge in [0.05, 0.1) is 12.3 Å². The molecule has 1 amide bonds. The van der Waals surface area contributed by atoms with Gasteiger partial charge in [-0.15, -0.1) is 10.2 Å². The summed E-state index contributed by atoms with van der Waals surface area (Å²) in [6, 6.07) is 6.26. The summed E-state index contributed by atoms with van der Waals surface area (Å²) in [6.07, 6.45) is 3.48. The molecule has 0 spiro atoms. The summed E-state index contributed by atoms with van der Waals surface area (Å²) in [4.78, 5) is 12.3. The lowest BCUT2D eigenvalue weighted by molar-refractivity contribution is -0.118. The fourth-order valence-electron chi connectivity index (χ4n) is 3.23. The number of fused-ring (bicyclic) bond motifs is 2. The molecule has 1 aromatic heterocycles. The largest absolute Gasteiger partial charge is 0.486 e. The number of ether oxygens (including phenoxy) is 1. The molecule has 0 saturated carbocycles. The lowest BCUT2D eigenvalue weighted by Crippen LogP contribution is -2.46. The Morgan fingerprint density at radius 3 is 3.00 bits per heavy atom.